The van der Waals surface area contributed by atoms with E-state index in [4.69, 9.17) is 0 Å². The molecule has 1 atom stereocenters. The molecule has 1 unspecified atom stereocenters. The molecule has 1 saturated heterocycles. The van der Waals surface area contributed by atoms with Gasteiger partial charge in [-0.2, -0.15) is 0 Å². The van der Waals surface area contributed by atoms with E-state index in [9.17, 15) is 5.11 Å². The number of benzene rings is 2. The maximum Gasteiger partial charge on any atom is 0.159 e. The quantitative estimate of drug-likeness (QED) is 0.686. The molecule has 4 heteroatoms. The standard InChI is InChI=1S/C25H29N3O/c1-20-8-5-6-11-23(20)24-26-15-22(16-27-24)17-28-13-7-12-25(18-28,19-29)14-21-9-3-2-4-10-21/h2-6,8-11,15-16,29H,7,12-14,17-19H2,1H3. The van der Waals surface area contributed by atoms with Crippen LogP contribution in [-0.4, -0.2) is 39.7 Å². The van der Waals surface area contributed by atoms with Gasteiger partial charge in [-0.05, 0) is 43.9 Å². The number of hydrogen-bond donors (Lipinski definition) is 1. The van der Waals surface area contributed by atoms with Crippen molar-refractivity contribution in [2.45, 2.75) is 32.7 Å². The van der Waals surface area contributed by atoms with Crippen LogP contribution in [0.3, 0.4) is 0 Å². The van der Waals surface area contributed by atoms with Crippen LogP contribution < -0.4 is 0 Å². The number of nitrogens with zero attached hydrogens (tertiary/aromatic N) is 3. The van der Waals surface area contributed by atoms with Crippen LogP contribution in [0.25, 0.3) is 11.4 Å². The second-order valence-electron chi connectivity index (χ2n) is 8.36. The zero-order valence-corrected chi connectivity index (χ0v) is 17.1. The van der Waals surface area contributed by atoms with Crippen LogP contribution >= 0.6 is 0 Å². The first-order valence-electron chi connectivity index (χ1n) is 10.4. The highest BCUT2D eigenvalue weighted by Crippen LogP contribution is 2.34. The van der Waals surface area contributed by atoms with E-state index in [-0.39, 0.29) is 12.0 Å². The molecular formula is C25H29N3O. The van der Waals surface area contributed by atoms with Gasteiger partial charge in [-0.1, -0.05) is 54.6 Å². The third-order valence-electron chi connectivity index (χ3n) is 6.00. The van der Waals surface area contributed by atoms with Gasteiger partial charge in [-0.15, -0.1) is 0 Å². The summed E-state index contributed by atoms with van der Waals surface area (Å²) in [6.07, 6.45) is 6.99. The predicted molar refractivity (Wildman–Crippen MR) is 116 cm³/mol. The molecule has 2 heterocycles. The van der Waals surface area contributed by atoms with Crippen molar-refractivity contribution < 1.29 is 5.11 Å². The van der Waals surface area contributed by atoms with Gasteiger partial charge >= 0.3 is 0 Å². The Balaban J connectivity index is 1.44. The number of piperidine rings is 1. The van der Waals surface area contributed by atoms with E-state index < -0.39 is 0 Å². The molecule has 1 aromatic heterocycles. The van der Waals surface area contributed by atoms with Gasteiger partial charge in [0, 0.05) is 42.0 Å². The van der Waals surface area contributed by atoms with Crippen molar-refractivity contribution >= 4 is 0 Å². The summed E-state index contributed by atoms with van der Waals surface area (Å²) in [5.41, 5.74) is 4.62. The van der Waals surface area contributed by atoms with Crippen molar-refractivity contribution in [1.82, 2.24) is 14.9 Å². The van der Waals surface area contributed by atoms with Gasteiger partial charge in [0.25, 0.3) is 0 Å². The van der Waals surface area contributed by atoms with E-state index in [1.807, 2.05) is 30.6 Å². The molecule has 1 aliphatic heterocycles. The molecule has 1 aliphatic rings. The van der Waals surface area contributed by atoms with Crippen molar-refractivity contribution in [2.75, 3.05) is 19.7 Å². The Hall–Kier alpha value is -2.56. The number of aliphatic hydroxyl groups excluding tert-OH is 1. The summed E-state index contributed by atoms with van der Waals surface area (Å²) in [5.74, 6) is 0.777. The van der Waals surface area contributed by atoms with Gasteiger partial charge < -0.3 is 5.11 Å². The normalized spacial score (nSPS) is 19.9. The average Bonchev–Trinajstić information content (AvgIpc) is 2.76. The SMILES string of the molecule is Cc1ccccc1-c1ncc(CN2CCCC(CO)(Cc3ccccc3)C2)cn1. The third kappa shape index (κ3) is 4.72. The topological polar surface area (TPSA) is 49.2 Å². The average molecular weight is 388 g/mol. The second kappa shape index (κ2) is 8.85. The Morgan fingerprint density at radius 3 is 2.41 bits per heavy atom. The second-order valence-corrected chi connectivity index (χ2v) is 8.36. The monoisotopic (exact) mass is 387 g/mol. The Kier molecular flexibility index (Phi) is 6.02. The number of aromatic nitrogens is 2. The van der Waals surface area contributed by atoms with Crippen LogP contribution in [0.2, 0.25) is 0 Å². The van der Waals surface area contributed by atoms with E-state index in [0.29, 0.717) is 0 Å². The fourth-order valence-corrected chi connectivity index (χ4v) is 4.46. The molecular weight excluding hydrogens is 358 g/mol. The Morgan fingerprint density at radius 2 is 1.69 bits per heavy atom. The van der Waals surface area contributed by atoms with Gasteiger partial charge in [0.2, 0.25) is 0 Å². The lowest BCUT2D eigenvalue weighted by Crippen LogP contribution is -2.46. The molecule has 0 bridgehead atoms. The minimum Gasteiger partial charge on any atom is -0.396 e. The lowest BCUT2D eigenvalue weighted by atomic mass is 9.75. The van der Waals surface area contributed by atoms with Crippen molar-refractivity contribution in [3.8, 4) is 11.4 Å². The highest BCUT2D eigenvalue weighted by Gasteiger charge is 2.35. The molecule has 1 fully saturated rings. The van der Waals surface area contributed by atoms with Crippen molar-refractivity contribution in [3.05, 3.63) is 83.7 Å². The van der Waals surface area contributed by atoms with Crippen LogP contribution in [-0.2, 0) is 13.0 Å². The first kappa shape index (κ1) is 19.7. The minimum atomic E-state index is -0.0679. The van der Waals surface area contributed by atoms with Crippen molar-refractivity contribution in [2.24, 2.45) is 5.41 Å². The molecule has 0 amide bonds. The first-order chi connectivity index (χ1) is 14.2. The number of rotatable bonds is 6. The van der Waals surface area contributed by atoms with Gasteiger partial charge in [-0.25, -0.2) is 9.97 Å². The lowest BCUT2D eigenvalue weighted by molar-refractivity contribution is 0.0288. The van der Waals surface area contributed by atoms with Crippen LogP contribution in [0.4, 0.5) is 0 Å². The van der Waals surface area contributed by atoms with Gasteiger partial charge in [0.05, 0.1) is 6.61 Å². The lowest BCUT2D eigenvalue weighted by Gasteiger charge is -2.42. The smallest absolute Gasteiger partial charge is 0.159 e. The predicted octanol–water partition coefficient (Wildman–Crippen LogP) is 4.27. The van der Waals surface area contributed by atoms with E-state index in [1.165, 1.54) is 11.1 Å². The fraction of sp³-hybridized carbons (Fsp3) is 0.360. The zero-order chi connectivity index (χ0) is 20.1. The molecule has 3 aromatic rings. The summed E-state index contributed by atoms with van der Waals surface area (Å²) < 4.78 is 0. The largest absolute Gasteiger partial charge is 0.396 e. The van der Waals surface area contributed by atoms with Crippen LogP contribution in [0.15, 0.2) is 67.0 Å². The summed E-state index contributed by atoms with van der Waals surface area (Å²) in [5, 5.41) is 10.2. The molecule has 0 saturated carbocycles. The Labute approximate surface area is 173 Å². The van der Waals surface area contributed by atoms with E-state index in [1.54, 1.807) is 0 Å². The summed E-state index contributed by atoms with van der Waals surface area (Å²) in [7, 11) is 0. The van der Waals surface area contributed by atoms with Gasteiger partial charge in [0.1, 0.15) is 0 Å². The molecule has 150 valence electrons. The Bertz CT molecular complexity index is 926. The number of aliphatic hydroxyl groups is 1. The maximum absolute atomic E-state index is 10.2. The molecule has 2 aromatic carbocycles. The van der Waals surface area contributed by atoms with Crippen LogP contribution in [0.1, 0.15) is 29.5 Å². The number of hydrogen-bond acceptors (Lipinski definition) is 4. The van der Waals surface area contributed by atoms with E-state index in [0.717, 1.165) is 55.8 Å². The Morgan fingerprint density at radius 1 is 0.966 bits per heavy atom. The van der Waals surface area contributed by atoms with Crippen LogP contribution in [0, 0.1) is 12.3 Å². The molecule has 0 radical (unpaired) electrons. The minimum absolute atomic E-state index is 0.0679. The van der Waals surface area contributed by atoms with Crippen molar-refractivity contribution in [1.29, 1.82) is 0 Å². The summed E-state index contributed by atoms with van der Waals surface area (Å²) >= 11 is 0. The third-order valence-corrected chi connectivity index (χ3v) is 6.00. The summed E-state index contributed by atoms with van der Waals surface area (Å²) in [6.45, 7) is 5.08. The maximum atomic E-state index is 10.2. The molecule has 0 spiro atoms. The molecule has 29 heavy (non-hydrogen) atoms. The van der Waals surface area contributed by atoms with Crippen LogP contribution in [0.5, 0.6) is 0 Å². The summed E-state index contributed by atoms with van der Waals surface area (Å²) in [4.78, 5) is 11.7. The van der Waals surface area contributed by atoms with E-state index in [2.05, 4.69) is 58.2 Å². The zero-order valence-electron chi connectivity index (χ0n) is 17.1. The van der Waals surface area contributed by atoms with Gasteiger partial charge in [0.15, 0.2) is 5.82 Å². The molecule has 0 aliphatic carbocycles. The van der Waals surface area contributed by atoms with Gasteiger partial charge in [-0.3, -0.25) is 4.90 Å². The summed E-state index contributed by atoms with van der Waals surface area (Å²) in [6, 6.07) is 18.7. The van der Waals surface area contributed by atoms with Crippen molar-refractivity contribution in [3.63, 3.8) is 0 Å². The highest BCUT2D eigenvalue weighted by molar-refractivity contribution is 5.59. The number of likely N-dealkylation sites (tertiary alicyclic amines) is 1. The fourth-order valence-electron chi connectivity index (χ4n) is 4.46. The molecule has 1 N–H and O–H groups in total. The number of aryl methyl sites for hydroxylation is 1. The first-order valence-corrected chi connectivity index (χ1v) is 10.4. The van der Waals surface area contributed by atoms with E-state index >= 15 is 0 Å². The highest BCUT2D eigenvalue weighted by atomic mass is 16.3. The molecule has 4 nitrogen and oxygen atoms in total. The molecule has 4 rings (SSSR count).